The van der Waals surface area contributed by atoms with Gasteiger partial charge in [0.1, 0.15) is 0 Å². The minimum Gasteiger partial charge on any atom is -0.481 e. The van der Waals surface area contributed by atoms with Gasteiger partial charge in [0.25, 0.3) is 0 Å². The standard InChI is InChI=1S/C11H15NO2/c1-7-5-8-3-4-9(11(13)14)6-10(8)12(7)2/h5,9H,3-4,6H2,1-2H3,(H,13,14). The molecule has 1 heterocycles. The maximum Gasteiger partial charge on any atom is 0.306 e. The Kier molecular flexibility index (Phi) is 2.10. The number of carbonyl (C=O) groups is 1. The van der Waals surface area contributed by atoms with Crippen molar-refractivity contribution in [2.75, 3.05) is 0 Å². The van der Waals surface area contributed by atoms with Crippen molar-refractivity contribution in [3.05, 3.63) is 23.0 Å². The maximum absolute atomic E-state index is 10.9. The lowest BCUT2D eigenvalue weighted by atomic mass is 9.88. The molecule has 0 fully saturated rings. The van der Waals surface area contributed by atoms with Gasteiger partial charge in [0.05, 0.1) is 5.92 Å². The molecule has 1 aliphatic rings. The summed E-state index contributed by atoms with van der Waals surface area (Å²) in [7, 11) is 2.01. The Bertz CT molecular complexity index is 379. The van der Waals surface area contributed by atoms with E-state index in [1.54, 1.807) is 0 Å². The highest BCUT2D eigenvalue weighted by Gasteiger charge is 2.26. The van der Waals surface area contributed by atoms with Crippen LogP contribution in [0.4, 0.5) is 0 Å². The molecule has 1 atom stereocenters. The Morgan fingerprint density at radius 3 is 3.00 bits per heavy atom. The van der Waals surface area contributed by atoms with Crippen molar-refractivity contribution in [3.63, 3.8) is 0 Å². The first kappa shape index (κ1) is 9.31. The number of hydrogen-bond donors (Lipinski definition) is 1. The topological polar surface area (TPSA) is 42.2 Å². The molecule has 0 spiro atoms. The predicted molar refractivity (Wildman–Crippen MR) is 53.3 cm³/mol. The van der Waals surface area contributed by atoms with Crippen LogP contribution in [-0.4, -0.2) is 15.6 Å². The second-order valence-electron chi connectivity index (χ2n) is 4.09. The fourth-order valence-electron chi connectivity index (χ4n) is 2.22. The van der Waals surface area contributed by atoms with Gasteiger partial charge in [-0.05, 0) is 31.4 Å². The van der Waals surface area contributed by atoms with E-state index in [4.69, 9.17) is 5.11 Å². The first-order valence-corrected chi connectivity index (χ1v) is 4.96. The van der Waals surface area contributed by atoms with Gasteiger partial charge in [-0.25, -0.2) is 0 Å². The summed E-state index contributed by atoms with van der Waals surface area (Å²) in [4.78, 5) is 10.9. The van der Waals surface area contributed by atoms with E-state index in [1.165, 1.54) is 17.0 Å². The number of aromatic nitrogens is 1. The van der Waals surface area contributed by atoms with E-state index < -0.39 is 5.97 Å². The normalized spacial score (nSPS) is 20.6. The van der Waals surface area contributed by atoms with Gasteiger partial charge >= 0.3 is 5.97 Å². The summed E-state index contributed by atoms with van der Waals surface area (Å²) in [5, 5.41) is 8.95. The van der Waals surface area contributed by atoms with E-state index in [-0.39, 0.29) is 5.92 Å². The third kappa shape index (κ3) is 1.33. The number of carboxylic acid groups (broad SMARTS) is 1. The Morgan fingerprint density at radius 1 is 1.64 bits per heavy atom. The quantitative estimate of drug-likeness (QED) is 0.734. The van der Waals surface area contributed by atoms with Crippen molar-refractivity contribution in [2.24, 2.45) is 13.0 Å². The molecule has 0 aromatic carbocycles. The first-order valence-electron chi connectivity index (χ1n) is 4.96. The molecule has 0 saturated heterocycles. The third-order valence-electron chi connectivity index (χ3n) is 3.24. The molecule has 1 unspecified atom stereocenters. The van der Waals surface area contributed by atoms with Crippen molar-refractivity contribution in [1.82, 2.24) is 4.57 Å². The van der Waals surface area contributed by atoms with Gasteiger partial charge in [-0.2, -0.15) is 0 Å². The fourth-order valence-corrected chi connectivity index (χ4v) is 2.22. The molecular weight excluding hydrogens is 178 g/mol. The van der Waals surface area contributed by atoms with Crippen LogP contribution in [0, 0.1) is 12.8 Å². The van der Waals surface area contributed by atoms with Crippen LogP contribution in [0.25, 0.3) is 0 Å². The van der Waals surface area contributed by atoms with Gasteiger partial charge in [-0.1, -0.05) is 0 Å². The molecule has 0 aliphatic heterocycles. The molecule has 76 valence electrons. The van der Waals surface area contributed by atoms with E-state index in [0.717, 1.165) is 12.8 Å². The van der Waals surface area contributed by atoms with Crippen molar-refractivity contribution in [2.45, 2.75) is 26.2 Å². The molecule has 3 nitrogen and oxygen atoms in total. The Balaban J connectivity index is 2.33. The number of fused-ring (bicyclic) bond motifs is 1. The Hall–Kier alpha value is -1.25. The van der Waals surface area contributed by atoms with E-state index in [1.807, 2.05) is 7.05 Å². The van der Waals surface area contributed by atoms with E-state index in [9.17, 15) is 4.79 Å². The summed E-state index contributed by atoms with van der Waals surface area (Å²) in [6.45, 7) is 2.06. The summed E-state index contributed by atoms with van der Waals surface area (Å²) < 4.78 is 2.12. The molecule has 0 radical (unpaired) electrons. The average Bonchev–Trinajstić information content (AvgIpc) is 2.43. The highest BCUT2D eigenvalue weighted by Crippen LogP contribution is 2.27. The van der Waals surface area contributed by atoms with Gasteiger partial charge in [0.2, 0.25) is 0 Å². The number of aryl methyl sites for hydroxylation is 2. The monoisotopic (exact) mass is 193 g/mol. The molecule has 2 rings (SSSR count). The summed E-state index contributed by atoms with van der Waals surface area (Å²) in [6, 6.07) is 2.17. The van der Waals surface area contributed by atoms with Crippen molar-refractivity contribution >= 4 is 5.97 Å². The van der Waals surface area contributed by atoms with E-state index in [2.05, 4.69) is 17.6 Å². The molecule has 0 amide bonds. The summed E-state index contributed by atoms with van der Waals surface area (Å²) in [5.41, 5.74) is 3.77. The molecule has 0 saturated carbocycles. The van der Waals surface area contributed by atoms with Crippen LogP contribution in [-0.2, 0) is 24.7 Å². The Morgan fingerprint density at radius 2 is 2.36 bits per heavy atom. The molecule has 1 aromatic rings. The van der Waals surface area contributed by atoms with Crippen molar-refractivity contribution in [1.29, 1.82) is 0 Å². The highest BCUT2D eigenvalue weighted by molar-refractivity contribution is 5.70. The minimum atomic E-state index is -0.658. The zero-order valence-corrected chi connectivity index (χ0v) is 8.58. The zero-order valence-electron chi connectivity index (χ0n) is 8.58. The fraction of sp³-hybridized carbons (Fsp3) is 0.545. The second kappa shape index (κ2) is 3.15. The smallest absolute Gasteiger partial charge is 0.306 e. The molecule has 1 aromatic heterocycles. The van der Waals surface area contributed by atoms with Gasteiger partial charge in [0, 0.05) is 24.9 Å². The van der Waals surface area contributed by atoms with Gasteiger partial charge in [-0.3, -0.25) is 4.79 Å². The van der Waals surface area contributed by atoms with Crippen LogP contribution >= 0.6 is 0 Å². The summed E-state index contributed by atoms with van der Waals surface area (Å²) >= 11 is 0. The predicted octanol–water partition coefficient (Wildman–Crippen LogP) is 1.52. The largest absolute Gasteiger partial charge is 0.481 e. The van der Waals surface area contributed by atoms with Gasteiger partial charge in [0.15, 0.2) is 0 Å². The molecule has 0 bridgehead atoms. The number of nitrogens with zero attached hydrogens (tertiary/aromatic N) is 1. The minimum absolute atomic E-state index is 0.185. The van der Waals surface area contributed by atoms with Crippen LogP contribution in [0.2, 0.25) is 0 Å². The van der Waals surface area contributed by atoms with Crippen LogP contribution in [0.5, 0.6) is 0 Å². The number of carboxylic acids is 1. The third-order valence-corrected chi connectivity index (χ3v) is 3.24. The second-order valence-corrected chi connectivity index (χ2v) is 4.09. The maximum atomic E-state index is 10.9. The Labute approximate surface area is 83.4 Å². The van der Waals surface area contributed by atoms with Crippen LogP contribution in [0.3, 0.4) is 0 Å². The van der Waals surface area contributed by atoms with Gasteiger partial charge in [-0.15, -0.1) is 0 Å². The van der Waals surface area contributed by atoms with Crippen molar-refractivity contribution < 1.29 is 9.90 Å². The highest BCUT2D eigenvalue weighted by atomic mass is 16.4. The van der Waals surface area contributed by atoms with Crippen molar-refractivity contribution in [3.8, 4) is 0 Å². The summed E-state index contributed by atoms with van der Waals surface area (Å²) in [5.74, 6) is -0.843. The van der Waals surface area contributed by atoms with Crippen LogP contribution in [0.15, 0.2) is 6.07 Å². The molecule has 14 heavy (non-hydrogen) atoms. The van der Waals surface area contributed by atoms with E-state index in [0.29, 0.717) is 6.42 Å². The molecule has 3 heteroatoms. The lowest BCUT2D eigenvalue weighted by Gasteiger charge is -2.19. The summed E-state index contributed by atoms with van der Waals surface area (Å²) in [6.07, 6.45) is 2.38. The SMILES string of the molecule is Cc1cc2c(n1C)CC(C(=O)O)CC2. The van der Waals surface area contributed by atoms with E-state index >= 15 is 0 Å². The lowest BCUT2D eigenvalue weighted by Crippen LogP contribution is -2.23. The zero-order chi connectivity index (χ0) is 10.3. The van der Waals surface area contributed by atoms with Crippen LogP contribution in [0.1, 0.15) is 23.4 Å². The first-order chi connectivity index (χ1) is 6.59. The number of aliphatic carboxylic acids is 1. The lowest BCUT2D eigenvalue weighted by molar-refractivity contribution is -0.142. The molecular formula is C11H15NO2. The number of rotatable bonds is 1. The average molecular weight is 193 g/mol. The van der Waals surface area contributed by atoms with Crippen LogP contribution < -0.4 is 0 Å². The molecule has 1 aliphatic carbocycles. The number of hydrogen-bond acceptors (Lipinski definition) is 1. The molecule has 1 N–H and O–H groups in total. The van der Waals surface area contributed by atoms with Gasteiger partial charge < -0.3 is 9.67 Å².